The zero-order valence-electron chi connectivity index (χ0n) is 12.3. The number of benzene rings is 1. The summed E-state index contributed by atoms with van der Waals surface area (Å²) in [5.74, 6) is 5.96. The predicted octanol–water partition coefficient (Wildman–Crippen LogP) is 3.91. The molecule has 1 N–H and O–H groups in total. The highest BCUT2D eigenvalue weighted by Crippen LogP contribution is 2.16. The molecule has 0 saturated carbocycles. The van der Waals surface area contributed by atoms with Crippen LogP contribution in [-0.4, -0.2) is 18.2 Å². The molecule has 0 aliphatic carbocycles. The SMILES string of the molecule is Cc1ccc(C#CCCNC(=O)OC(C)(C)C)c(Cl)c1. The van der Waals surface area contributed by atoms with Gasteiger partial charge in [-0.2, -0.15) is 0 Å². The van der Waals surface area contributed by atoms with Gasteiger partial charge in [-0.3, -0.25) is 0 Å². The molecule has 0 radical (unpaired) electrons. The van der Waals surface area contributed by atoms with E-state index in [2.05, 4.69) is 17.2 Å². The highest BCUT2D eigenvalue weighted by molar-refractivity contribution is 6.31. The van der Waals surface area contributed by atoms with E-state index in [4.69, 9.17) is 16.3 Å². The van der Waals surface area contributed by atoms with Gasteiger partial charge in [-0.1, -0.05) is 29.5 Å². The fourth-order valence-corrected chi connectivity index (χ4v) is 1.70. The standard InChI is InChI=1S/C16H20ClNO2/c1-12-8-9-13(14(17)11-12)7-5-6-10-18-15(19)20-16(2,3)4/h8-9,11H,6,10H2,1-4H3,(H,18,19). The molecule has 0 unspecified atom stereocenters. The second-order valence-electron chi connectivity index (χ2n) is 5.46. The summed E-state index contributed by atoms with van der Waals surface area (Å²) in [5, 5.41) is 3.30. The average molecular weight is 294 g/mol. The smallest absolute Gasteiger partial charge is 0.407 e. The number of alkyl carbamates (subject to hydrolysis) is 1. The van der Waals surface area contributed by atoms with Crippen LogP contribution in [-0.2, 0) is 4.74 Å². The van der Waals surface area contributed by atoms with Gasteiger partial charge in [0, 0.05) is 18.5 Å². The van der Waals surface area contributed by atoms with Crippen molar-refractivity contribution in [1.29, 1.82) is 0 Å². The Morgan fingerprint density at radius 3 is 2.70 bits per heavy atom. The number of amides is 1. The monoisotopic (exact) mass is 293 g/mol. The lowest BCUT2D eigenvalue weighted by molar-refractivity contribution is 0.0529. The first kappa shape index (κ1) is 16.4. The number of aryl methyl sites for hydroxylation is 1. The van der Waals surface area contributed by atoms with Crippen molar-refractivity contribution in [2.75, 3.05) is 6.54 Å². The van der Waals surface area contributed by atoms with Crippen molar-refractivity contribution < 1.29 is 9.53 Å². The Bertz CT molecular complexity index is 536. The number of hydrogen-bond donors (Lipinski definition) is 1. The molecule has 0 spiro atoms. The van der Waals surface area contributed by atoms with Gasteiger partial charge in [0.25, 0.3) is 0 Å². The van der Waals surface area contributed by atoms with E-state index in [-0.39, 0.29) is 0 Å². The number of halogens is 1. The highest BCUT2D eigenvalue weighted by Gasteiger charge is 2.15. The number of carbonyl (C=O) groups excluding carboxylic acids is 1. The summed E-state index contributed by atoms with van der Waals surface area (Å²) in [6.07, 6.45) is 0.122. The molecular weight excluding hydrogens is 274 g/mol. The largest absolute Gasteiger partial charge is 0.444 e. The van der Waals surface area contributed by atoms with Crippen molar-refractivity contribution in [3.05, 3.63) is 34.3 Å². The summed E-state index contributed by atoms with van der Waals surface area (Å²) in [7, 11) is 0. The molecule has 0 heterocycles. The lowest BCUT2D eigenvalue weighted by Crippen LogP contribution is -2.32. The van der Waals surface area contributed by atoms with Crippen LogP contribution in [0.2, 0.25) is 5.02 Å². The van der Waals surface area contributed by atoms with Crippen molar-refractivity contribution >= 4 is 17.7 Å². The topological polar surface area (TPSA) is 38.3 Å². The molecule has 0 aromatic heterocycles. The van der Waals surface area contributed by atoms with E-state index in [1.807, 2.05) is 45.9 Å². The minimum atomic E-state index is -0.481. The van der Waals surface area contributed by atoms with Gasteiger partial charge < -0.3 is 10.1 Å². The Morgan fingerprint density at radius 2 is 2.10 bits per heavy atom. The molecule has 108 valence electrons. The third kappa shape index (κ3) is 6.49. The number of hydrogen-bond acceptors (Lipinski definition) is 2. The van der Waals surface area contributed by atoms with Crippen molar-refractivity contribution in [3.8, 4) is 11.8 Å². The fourth-order valence-electron chi connectivity index (χ4n) is 1.42. The zero-order valence-corrected chi connectivity index (χ0v) is 13.1. The van der Waals surface area contributed by atoms with Crippen LogP contribution in [0.25, 0.3) is 0 Å². The van der Waals surface area contributed by atoms with Gasteiger partial charge >= 0.3 is 6.09 Å². The maximum Gasteiger partial charge on any atom is 0.407 e. The lowest BCUT2D eigenvalue weighted by atomic mass is 10.1. The van der Waals surface area contributed by atoms with Gasteiger partial charge in [0.05, 0.1) is 5.02 Å². The molecule has 4 heteroatoms. The van der Waals surface area contributed by atoms with Gasteiger partial charge in [0.15, 0.2) is 0 Å². The van der Waals surface area contributed by atoms with Gasteiger partial charge in [0.1, 0.15) is 5.60 Å². The van der Waals surface area contributed by atoms with Crippen LogP contribution in [0.5, 0.6) is 0 Å². The van der Waals surface area contributed by atoms with Crippen molar-refractivity contribution in [2.45, 2.75) is 39.7 Å². The molecular formula is C16H20ClNO2. The molecule has 0 aliphatic rings. The summed E-state index contributed by atoms with van der Waals surface area (Å²) in [5.41, 5.74) is 1.42. The van der Waals surface area contributed by atoms with Gasteiger partial charge in [-0.15, -0.1) is 0 Å². The molecule has 3 nitrogen and oxygen atoms in total. The van der Waals surface area contributed by atoms with Crippen LogP contribution in [0, 0.1) is 18.8 Å². The second-order valence-corrected chi connectivity index (χ2v) is 5.87. The number of nitrogens with one attached hydrogen (secondary N) is 1. The van der Waals surface area contributed by atoms with Crippen LogP contribution in [0.15, 0.2) is 18.2 Å². The van der Waals surface area contributed by atoms with Crippen molar-refractivity contribution in [3.63, 3.8) is 0 Å². The quantitative estimate of drug-likeness (QED) is 0.663. The minimum absolute atomic E-state index is 0.423. The van der Waals surface area contributed by atoms with Crippen molar-refractivity contribution in [1.82, 2.24) is 5.32 Å². The molecule has 1 aromatic rings. The highest BCUT2D eigenvalue weighted by atomic mass is 35.5. The normalized spacial score (nSPS) is 10.4. The van der Waals surface area contributed by atoms with Gasteiger partial charge in [-0.25, -0.2) is 4.79 Å². The fraction of sp³-hybridized carbons (Fsp3) is 0.438. The first-order valence-electron chi connectivity index (χ1n) is 6.50. The summed E-state index contributed by atoms with van der Waals surface area (Å²) in [4.78, 5) is 11.4. The first-order valence-corrected chi connectivity index (χ1v) is 6.87. The Hall–Kier alpha value is -1.66. The summed E-state index contributed by atoms with van der Waals surface area (Å²) >= 11 is 6.07. The third-order valence-electron chi connectivity index (χ3n) is 2.27. The lowest BCUT2D eigenvalue weighted by Gasteiger charge is -2.19. The number of carbonyl (C=O) groups is 1. The first-order chi connectivity index (χ1) is 9.28. The van der Waals surface area contributed by atoms with Crippen LogP contribution in [0.3, 0.4) is 0 Å². The van der Waals surface area contributed by atoms with Crippen LogP contribution < -0.4 is 5.32 Å². The van der Waals surface area contributed by atoms with Crippen LogP contribution >= 0.6 is 11.6 Å². The van der Waals surface area contributed by atoms with E-state index < -0.39 is 11.7 Å². The average Bonchev–Trinajstić information content (AvgIpc) is 2.28. The van der Waals surface area contributed by atoms with E-state index in [9.17, 15) is 4.79 Å². The molecule has 0 aliphatic heterocycles. The Kier molecular flexibility index (Phi) is 5.91. The Labute approximate surface area is 125 Å². The van der Waals surface area contributed by atoms with E-state index >= 15 is 0 Å². The zero-order chi connectivity index (χ0) is 15.2. The molecule has 0 bridgehead atoms. The van der Waals surface area contributed by atoms with Crippen LogP contribution in [0.4, 0.5) is 4.79 Å². The maximum atomic E-state index is 11.4. The van der Waals surface area contributed by atoms with Gasteiger partial charge in [-0.05, 0) is 45.4 Å². The van der Waals surface area contributed by atoms with E-state index in [0.717, 1.165) is 11.1 Å². The van der Waals surface area contributed by atoms with Crippen molar-refractivity contribution in [2.24, 2.45) is 0 Å². The molecule has 0 saturated heterocycles. The summed E-state index contributed by atoms with van der Waals surface area (Å²) < 4.78 is 5.12. The predicted molar refractivity (Wildman–Crippen MR) is 81.9 cm³/mol. The molecule has 0 fully saturated rings. The third-order valence-corrected chi connectivity index (χ3v) is 2.58. The molecule has 20 heavy (non-hydrogen) atoms. The molecule has 1 aromatic carbocycles. The maximum absolute atomic E-state index is 11.4. The summed E-state index contributed by atoms with van der Waals surface area (Å²) in [6.45, 7) is 7.91. The molecule has 0 atom stereocenters. The second kappa shape index (κ2) is 7.21. The molecule has 1 amide bonds. The van der Waals surface area contributed by atoms with E-state index in [1.54, 1.807) is 0 Å². The summed E-state index contributed by atoms with van der Waals surface area (Å²) in [6, 6.07) is 5.74. The number of rotatable bonds is 2. The molecule has 1 rings (SSSR count). The minimum Gasteiger partial charge on any atom is -0.444 e. The van der Waals surface area contributed by atoms with Gasteiger partial charge in [0.2, 0.25) is 0 Å². The Morgan fingerprint density at radius 1 is 1.40 bits per heavy atom. The Balaban J connectivity index is 2.38. The van der Waals surface area contributed by atoms with E-state index in [1.165, 1.54) is 0 Å². The van der Waals surface area contributed by atoms with Crippen LogP contribution in [0.1, 0.15) is 38.3 Å². The van der Waals surface area contributed by atoms with E-state index in [0.29, 0.717) is 18.0 Å². The number of ether oxygens (including phenoxy) is 1.